The fourth-order valence-electron chi connectivity index (χ4n) is 4.05. The van der Waals surface area contributed by atoms with Crippen LogP contribution >= 0.6 is 0 Å². The summed E-state index contributed by atoms with van der Waals surface area (Å²) in [7, 11) is 1.82. The first-order chi connectivity index (χ1) is 17.5. The number of rotatable bonds is 6. The molecule has 1 aliphatic rings. The van der Waals surface area contributed by atoms with Gasteiger partial charge in [-0.3, -0.25) is 20.0 Å². The number of hydrogen-bond acceptors (Lipinski definition) is 8. The first kappa shape index (κ1) is 25.7. The second-order valence-corrected chi connectivity index (χ2v) is 8.48. The number of carbonyl (C=O) groups is 2. The summed E-state index contributed by atoms with van der Waals surface area (Å²) in [5, 5.41) is 2.62. The second-order valence-electron chi connectivity index (χ2n) is 8.48. The standard InChI is InChI=1S/C25H26N8O3.CH4/c1-3-36-25(35)31-24-29-20-11-16(10-18(23(20)30-24)19-6-4-5-7-26-19)17-12-27-21(28-13-17)14-33-9-8-32(2)22(34)15-33;/h4-7,10-13H,3,8-9,14-15H2,1-2H3,(H2,29,30,31,35);1H4. The number of likely N-dealkylation sites (N-methyl/N-ethyl adjacent to an activating group) is 1. The molecule has 0 spiro atoms. The lowest BCUT2D eigenvalue weighted by molar-refractivity contribution is -0.134. The lowest BCUT2D eigenvalue weighted by Gasteiger charge is -2.31. The highest BCUT2D eigenvalue weighted by molar-refractivity contribution is 5.97. The number of pyridine rings is 1. The Morgan fingerprint density at radius 2 is 1.95 bits per heavy atom. The van der Waals surface area contributed by atoms with Crippen LogP contribution in [0.4, 0.5) is 10.7 Å². The Kier molecular flexibility index (Phi) is 7.73. The van der Waals surface area contributed by atoms with Crippen LogP contribution in [-0.4, -0.2) is 80.0 Å². The molecule has 2 N–H and O–H groups in total. The van der Waals surface area contributed by atoms with Gasteiger partial charge >= 0.3 is 6.09 Å². The molecule has 0 bridgehead atoms. The van der Waals surface area contributed by atoms with Crippen LogP contribution in [0.15, 0.2) is 48.9 Å². The number of aromatic amines is 1. The van der Waals surface area contributed by atoms with Crippen molar-refractivity contribution in [1.82, 2.24) is 34.7 Å². The minimum absolute atomic E-state index is 0. The number of fused-ring (bicyclic) bond motifs is 1. The van der Waals surface area contributed by atoms with Crippen molar-refractivity contribution < 1.29 is 14.3 Å². The van der Waals surface area contributed by atoms with Crippen LogP contribution in [0.1, 0.15) is 20.2 Å². The molecule has 11 nitrogen and oxygen atoms in total. The molecule has 4 heterocycles. The number of H-pyrrole nitrogens is 1. The minimum atomic E-state index is -0.581. The molecule has 192 valence electrons. The molecule has 0 saturated carbocycles. The number of ether oxygens (including phenoxy) is 1. The van der Waals surface area contributed by atoms with Crippen molar-refractivity contribution in [2.75, 3.05) is 38.6 Å². The molecule has 1 saturated heterocycles. The quantitative estimate of drug-likeness (QED) is 0.409. The van der Waals surface area contributed by atoms with Gasteiger partial charge in [0.15, 0.2) is 0 Å². The van der Waals surface area contributed by atoms with Crippen molar-refractivity contribution in [2.24, 2.45) is 0 Å². The maximum absolute atomic E-state index is 12.0. The van der Waals surface area contributed by atoms with E-state index in [-0.39, 0.29) is 25.9 Å². The summed E-state index contributed by atoms with van der Waals surface area (Å²) in [5.41, 5.74) is 4.63. The summed E-state index contributed by atoms with van der Waals surface area (Å²) in [6, 6.07) is 9.58. The Hall–Kier alpha value is -4.38. The summed E-state index contributed by atoms with van der Waals surface area (Å²) >= 11 is 0. The first-order valence-electron chi connectivity index (χ1n) is 11.7. The molecule has 1 fully saturated rings. The number of imidazole rings is 1. The van der Waals surface area contributed by atoms with Gasteiger partial charge in [0.1, 0.15) is 5.82 Å². The van der Waals surface area contributed by atoms with E-state index in [0.717, 1.165) is 34.4 Å². The van der Waals surface area contributed by atoms with Gasteiger partial charge in [-0.25, -0.2) is 19.7 Å². The van der Waals surface area contributed by atoms with Crippen LogP contribution in [-0.2, 0) is 16.1 Å². The van der Waals surface area contributed by atoms with E-state index in [1.807, 2.05) is 42.3 Å². The lowest BCUT2D eigenvalue weighted by atomic mass is 10.0. The van der Waals surface area contributed by atoms with E-state index in [9.17, 15) is 9.59 Å². The predicted molar refractivity (Wildman–Crippen MR) is 141 cm³/mol. The number of amides is 2. The second kappa shape index (κ2) is 11.1. The third kappa shape index (κ3) is 5.72. The van der Waals surface area contributed by atoms with Crippen LogP contribution in [0.3, 0.4) is 0 Å². The average molecular weight is 503 g/mol. The number of nitrogens with zero attached hydrogens (tertiary/aromatic N) is 6. The molecule has 4 aromatic rings. The smallest absolute Gasteiger partial charge is 0.413 e. The zero-order chi connectivity index (χ0) is 25.1. The molecule has 0 unspecified atom stereocenters. The normalized spacial score (nSPS) is 13.9. The summed E-state index contributed by atoms with van der Waals surface area (Å²) in [5.74, 6) is 1.04. The number of carbonyl (C=O) groups excluding carboxylic acids is 2. The maximum atomic E-state index is 12.0. The maximum Gasteiger partial charge on any atom is 0.413 e. The minimum Gasteiger partial charge on any atom is -0.450 e. The topological polar surface area (TPSA) is 129 Å². The van der Waals surface area contributed by atoms with Crippen molar-refractivity contribution in [3.63, 3.8) is 0 Å². The van der Waals surface area contributed by atoms with E-state index in [0.29, 0.717) is 31.0 Å². The van der Waals surface area contributed by atoms with Crippen molar-refractivity contribution in [2.45, 2.75) is 20.9 Å². The number of aromatic nitrogens is 5. The SMILES string of the molecule is C.CCOC(=O)Nc1nc2c(-c3ccccn3)cc(-c3cnc(CN4CCN(C)C(=O)C4)nc3)cc2[nH]1. The summed E-state index contributed by atoms with van der Waals surface area (Å²) < 4.78 is 4.96. The molecule has 0 radical (unpaired) electrons. The number of hydrogen-bond donors (Lipinski definition) is 2. The van der Waals surface area contributed by atoms with E-state index >= 15 is 0 Å². The molecular formula is C26H30N8O3. The zero-order valence-corrected chi connectivity index (χ0v) is 20.1. The van der Waals surface area contributed by atoms with Gasteiger partial charge in [0.05, 0.1) is 36.4 Å². The van der Waals surface area contributed by atoms with Crippen LogP contribution in [0, 0.1) is 0 Å². The summed E-state index contributed by atoms with van der Waals surface area (Å²) in [6.45, 7) is 4.37. The monoisotopic (exact) mass is 502 g/mol. The van der Waals surface area contributed by atoms with E-state index in [1.165, 1.54) is 0 Å². The molecule has 37 heavy (non-hydrogen) atoms. The van der Waals surface area contributed by atoms with Gasteiger partial charge in [-0.1, -0.05) is 13.5 Å². The molecule has 0 aliphatic carbocycles. The molecular weight excluding hydrogens is 472 g/mol. The van der Waals surface area contributed by atoms with Crippen LogP contribution in [0.25, 0.3) is 33.4 Å². The molecule has 0 atom stereocenters. The third-order valence-electron chi connectivity index (χ3n) is 5.96. The molecule has 1 aromatic carbocycles. The fourth-order valence-corrected chi connectivity index (χ4v) is 4.05. The van der Waals surface area contributed by atoms with Gasteiger partial charge in [-0.2, -0.15) is 0 Å². The Bertz CT molecular complexity index is 1390. The largest absolute Gasteiger partial charge is 0.450 e. The Balaban J connectivity index is 0.00000320. The zero-order valence-electron chi connectivity index (χ0n) is 20.1. The van der Waals surface area contributed by atoms with E-state index in [1.54, 1.807) is 30.4 Å². The summed E-state index contributed by atoms with van der Waals surface area (Å²) in [4.78, 5) is 49.0. The molecule has 11 heteroatoms. The van der Waals surface area contributed by atoms with Crippen molar-refractivity contribution >= 4 is 29.0 Å². The van der Waals surface area contributed by atoms with Crippen molar-refractivity contribution in [1.29, 1.82) is 0 Å². The van der Waals surface area contributed by atoms with E-state index < -0.39 is 6.09 Å². The Labute approximate surface area is 214 Å². The Morgan fingerprint density at radius 3 is 2.65 bits per heavy atom. The van der Waals surface area contributed by atoms with Gasteiger partial charge in [0, 0.05) is 49.9 Å². The van der Waals surface area contributed by atoms with Gasteiger partial charge < -0.3 is 14.6 Å². The Morgan fingerprint density at radius 1 is 1.14 bits per heavy atom. The number of nitrogens with one attached hydrogen (secondary N) is 2. The number of benzene rings is 1. The molecule has 5 rings (SSSR count). The van der Waals surface area contributed by atoms with E-state index in [4.69, 9.17) is 4.74 Å². The van der Waals surface area contributed by atoms with Crippen LogP contribution in [0.5, 0.6) is 0 Å². The lowest BCUT2D eigenvalue weighted by Crippen LogP contribution is -2.48. The average Bonchev–Trinajstić information content (AvgIpc) is 3.29. The third-order valence-corrected chi connectivity index (χ3v) is 5.96. The van der Waals surface area contributed by atoms with Crippen molar-refractivity contribution in [3.8, 4) is 22.4 Å². The van der Waals surface area contributed by atoms with Crippen molar-refractivity contribution in [3.05, 3.63) is 54.7 Å². The highest BCUT2D eigenvalue weighted by Crippen LogP contribution is 2.32. The molecule has 3 aromatic heterocycles. The number of anilines is 1. The van der Waals surface area contributed by atoms with Gasteiger partial charge in [-0.15, -0.1) is 0 Å². The highest BCUT2D eigenvalue weighted by atomic mass is 16.5. The molecule has 1 aliphatic heterocycles. The van der Waals surface area contributed by atoms with Crippen LogP contribution in [0.2, 0.25) is 0 Å². The van der Waals surface area contributed by atoms with Gasteiger partial charge in [0.2, 0.25) is 11.9 Å². The van der Waals surface area contributed by atoms with Gasteiger partial charge in [-0.05, 0) is 36.8 Å². The summed E-state index contributed by atoms with van der Waals surface area (Å²) in [6.07, 6.45) is 4.69. The van der Waals surface area contributed by atoms with Gasteiger partial charge in [0.25, 0.3) is 0 Å². The fraction of sp³-hybridized carbons (Fsp3) is 0.308. The first-order valence-corrected chi connectivity index (χ1v) is 11.7. The number of piperazine rings is 1. The predicted octanol–water partition coefficient (Wildman–Crippen LogP) is 3.56. The van der Waals surface area contributed by atoms with Crippen LogP contribution < -0.4 is 5.32 Å². The highest BCUT2D eigenvalue weighted by Gasteiger charge is 2.21. The van der Waals surface area contributed by atoms with E-state index in [2.05, 4.69) is 30.2 Å². The molecule has 2 amide bonds.